The molecule has 2 heterocycles. The molecule has 8 nitrogen and oxygen atoms in total. The standard InChI is InChI=1S/C21H27ClN2O6/c1-12-9-23(10-13(2)29-12)20(26)14(3)30-21(27)15-7-19(25)24(11-15)17-8-16(22)5-6-18(17)28-4/h5-6,8,12-15H,7,9-11H2,1-4H3/t12-,13+,14-,15+/m1/s1. The van der Waals surface area contributed by atoms with Crippen molar-refractivity contribution in [2.45, 2.75) is 45.5 Å². The first kappa shape index (κ1) is 22.4. The minimum Gasteiger partial charge on any atom is -0.495 e. The molecule has 164 valence electrons. The Hall–Kier alpha value is -2.32. The van der Waals surface area contributed by atoms with Crippen LogP contribution in [0.3, 0.4) is 0 Å². The lowest BCUT2D eigenvalue weighted by molar-refractivity contribution is -0.166. The van der Waals surface area contributed by atoms with Crippen LogP contribution in [0.2, 0.25) is 5.02 Å². The van der Waals surface area contributed by atoms with E-state index in [2.05, 4.69) is 0 Å². The van der Waals surface area contributed by atoms with Crippen LogP contribution in [0.1, 0.15) is 27.2 Å². The van der Waals surface area contributed by atoms with Gasteiger partial charge in [-0.15, -0.1) is 0 Å². The van der Waals surface area contributed by atoms with Crippen LogP contribution in [0.5, 0.6) is 5.75 Å². The van der Waals surface area contributed by atoms with Crippen LogP contribution in [0, 0.1) is 5.92 Å². The third-order valence-corrected chi connectivity index (χ3v) is 5.50. The number of methoxy groups -OCH3 is 1. The Balaban J connectivity index is 1.63. The van der Waals surface area contributed by atoms with Crippen molar-refractivity contribution in [3.05, 3.63) is 23.2 Å². The number of anilines is 1. The number of nitrogens with zero attached hydrogens (tertiary/aromatic N) is 2. The van der Waals surface area contributed by atoms with Crippen LogP contribution in [-0.4, -0.2) is 67.7 Å². The van der Waals surface area contributed by atoms with Gasteiger partial charge in [0.25, 0.3) is 5.91 Å². The van der Waals surface area contributed by atoms with Gasteiger partial charge in [0.15, 0.2) is 6.10 Å². The molecule has 1 aromatic rings. The second-order valence-corrected chi connectivity index (χ2v) is 8.24. The second kappa shape index (κ2) is 9.22. The Bertz CT molecular complexity index is 822. The van der Waals surface area contributed by atoms with Crippen molar-refractivity contribution in [1.82, 2.24) is 4.90 Å². The van der Waals surface area contributed by atoms with Gasteiger partial charge < -0.3 is 24.0 Å². The Labute approximate surface area is 181 Å². The fourth-order valence-corrected chi connectivity index (χ4v) is 4.07. The number of carbonyl (C=O) groups excluding carboxylic acids is 3. The van der Waals surface area contributed by atoms with Gasteiger partial charge in [0.05, 0.1) is 30.9 Å². The molecule has 30 heavy (non-hydrogen) atoms. The molecular weight excluding hydrogens is 412 g/mol. The lowest BCUT2D eigenvalue weighted by Crippen LogP contribution is -2.51. The molecule has 9 heteroatoms. The second-order valence-electron chi connectivity index (χ2n) is 7.80. The largest absolute Gasteiger partial charge is 0.495 e. The van der Waals surface area contributed by atoms with Crippen LogP contribution in [0.25, 0.3) is 0 Å². The molecule has 1 aromatic carbocycles. The van der Waals surface area contributed by atoms with E-state index in [0.29, 0.717) is 29.5 Å². The van der Waals surface area contributed by atoms with E-state index in [1.165, 1.54) is 12.0 Å². The van der Waals surface area contributed by atoms with Gasteiger partial charge in [-0.3, -0.25) is 14.4 Å². The van der Waals surface area contributed by atoms with Crippen molar-refractivity contribution in [1.29, 1.82) is 0 Å². The fraction of sp³-hybridized carbons (Fsp3) is 0.571. The van der Waals surface area contributed by atoms with E-state index < -0.39 is 18.0 Å². The number of esters is 1. The maximum atomic E-state index is 12.7. The SMILES string of the molecule is COc1ccc(Cl)cc1N1C[C@@H](C(=O)O[C@H](C)C(=O)N2C[C@@H](C)O[C@@H](C)C2)CC1=O. The monoisotopic (exact) mass is 438 g/mol. The number of hydrogen-bond donors (Lipinski definition) is 0. The molecule has 2 fully saturated rings. The smallest absolute Gasteiger partial charge is 0.312 e. The summed E-state index contributed by atoms with van der Waals surface area (Å²) in [4.78, 5) is 41.0. The van der Waals surface area contributed by atoms with Crippen molar-refractivity contribution < 1.29 is 28.6 Å². The molecule has 0 N–H and O–H groups in total. The normalized spacial score (nSPS) is 25.2. The quantitative estimate of drug-likeness (QED) is 0.655. The van der Waals surface area contributed by atoms with Crippen LogP contribution < -0.4 is 9.64 Å². The number of halogens is 1. The third kappa shape index (κ3) is 4.87. The summed E-state index contributed by atoms with van der Waals surface area (Å²) in [6.07, 6.45) is -1.08. The van der Waals surface area contributed by atoms with Gasteiger partial charge in [-0.2, -0.15) is 0 Å². The molecule has 2 saturated heterocycles. The molecule has 0 bridgehead atoms. The molecule has 0 saturated carbocycles. The lowest BCUT2D eigenvalue weighted by atomic mass is 10.1. The molecule has 0 radical (unpaired) electrons. The minimum atomic E-state index is -0.931. The van der Waals surface area contributed by atoms with Crippen LogP contribution in [0.15, 0.2) is 18.2 Å². The van der Waals surface area contributed by atoms with Crippen LogP contribution >= 0.6 is 11.6 Å². The van der Waals surface area contributed by atoms with Gasteiger partial charge in [-0.05, 0) is 39.0 Å². The van der Waals surface area contributed by atoms with Gasteiger partial charge in [-0.25, -0.2) is 0 Å². The van der Waals surface area contributed by atoms with Crippen molar-refractivity contribution >= 4 is 35.1 Å². The Morgan fingerprint density at radius 1 is 1.20 bits per heavy atom. The van der Waals surface area contributed by atoms with Gasteiger partial charge in [0.1, 0.15) is 5.75 Å². The zero-order chi connectivity index (χ0) is 22.0. The minimum absolute atomic E-state index is 0.00103. The number of hydrogen-bond acceptors (Lipinski definition) is 6. The maximum absolute atomic E-state index is 12.7. The molecule has 4 atom stereocenters. The summed E-state index contributed by atoms with van der Waals surface area (Å²) in [5, 5.41) is 0.456. The average Bonchev–Trinajstić information content (AvgIpc) is 3.08. The number of benzene rings is 1. The number of ether oxygens (including phenoxy) is 3. The van der Waals surface area contributed by atoms with Gasteiger partial charge in [0, 0.05) is 31.1 Å². The highest BCUT2D eigenvalue weighted by Crippen LogP contribution is 2.35. The highest BCUT2D eigenvalue weighted by atomic mass is 35.5. The van der Waals surface area contributed by atoms with Gasteiger partial charge in [-0.1, -0.05) is 11.6 Å². The number of morpholine rings is 1. The molecule has 3 rings (SSSR count). The third-order valence-electron chi connectivity index (χ3n) is 5.26. The van der Waals surface area contributed by atoms with E-state index in [0.717, 1.165) is 0 Å². The summed E-state index contributed by atoms with van der Waals surface area (Å²) in [7, 11) is 1.50. The number of amides is 2. The average molecular weight is 439 g/mol. The van der Waals surface area contributed by atoms with E-state index in [-0.39, 0.29) is 37.0 Å². The van der Waals surface area contributed by atoms with Gasteiger partial charge in [0.2, 0.25) is 5.91 Å². The van der Waals surface area contributed by atoms with Crippen molar-refractivity contribution in [2.24, 2.45) is 5.92 Å². The fourth-order valence-electron chi connectivity index (χ4n) is 3.91. The first-order chi connectivity index (χ1) is 14.2. The summed E-state index contributed by atoms with van der Waals surface area (Å²) in [6, 6.07) is 4.96. The van der Waals surface area contributed by atoms with E-state index >= 15 is 0 Å². The zero-order valence-corrected chi connectivity index (χ0v) is 18.3. The van der Waals surface area contributed by atoms with Crippen LogP contribution in [0.4, 0.5) is 5.69 Å². The van der Waals surface area contributed by atoms with E-state index in [1.807, 2.05) is 13.8 Å². The lowest BCUT2D eigenvalue weighted by Gasteiger charge is -2.36. The summed E-state index contributed by atoms with van der Waals surface area (Å²) in [5.41, 5.74) is 0.505. The van der Waals surface area contributed by atoms with Gasteiger partial charge >= 0.3 is 5.97 Å². The van der Waals surface area contributed by atoms with Crippen molar-refractivity contribution in [2.75, 3.05) is 31.6 Å². The molecule has 2 amide bonds. The summed E-state index contributed by atoms with van der Waals surface area (Å²) >= 11 is 6.06. The maximum Gasteiger partial charge on any atom is 0.312 e. The summed E-state index contributed by atoms with van der Waals surface area (Å²) in [5.74, 6) is -1.24. The highest BCUT2D eigenvalue weighted by molar-refractivity contribution is 6.31. The predicted octanol–water partition coefficient (Wildman–Crippen LogP) is 2.27. The molecule has 2 aliphatic rings. The van der Waals surface area contributed by atoms with Crippen LogP contribution in [-0.2, 0) is 23.9 Å². The highest BCUT2D eigenvalue weighted by Gasteiger charge is 2.39. The van der Waals surface area contributed by atoms with E-state index in [1.54, 1.807) is 30.0 Å². The topological polar surface area (TPSA) is 85.4 Å². The Kier molecular flexibility index (Phi) is 6.88. The van der Waals surface area contributed by atoms with Crippen molar-refractivity contribution in [3.63, 3.8) is 0 Å². The van der Waals surface area contributed by atoms with E-state index in [4.69, 9.17) is 25.8 Å². The number of carbonyl (C=O) groups is 3. The molecular formula is C21H27ClN2O6. The molecule has 0 aliphatic carbocycles. The molecule has 0 unspecified atom stereocenters. The Morgan fingerprint density at radius 2 is 1.87 bits per heavy atom. The first-order valence-electron chi connectivity index (χ1n) is 9.98. The first-order valence-corrected chi connectivity index (χ1v) is 10.4. The Morgan fingerprint density at radius 3 is 2.50 bits per heavy atom. The molecule has 0 aromatic heterocycles. The molecule has 2 aliphatic heterocycles. The number of rotatable bonds is 5. The molecule has 0 spiro atoms. The van der Waals surface area contributed by atoms with E-state index in [9.17, 15) is 14.4 Å². The van der Waals surface area contributed by atoms with Crippen molar-refractivity contribution in [3.8, 4) is 5.75 Å². The zero-order valence-electron chi connectivity index (χ0n) is 17.6. The summed E-state index contributed by atoms with van der Waals surface area (Å²) in [6.45, 7) is 6.40. The predicted molar refractivity (Wildman–Crippen MR) is 111 cm³/mol. The summed E-state index contributed by atoms with van der Waals surface area (Å²) < 4.78 is 16.4.